The fourth-order valence-electron chi connectivity index (χ4n) is 2.17. The first-order valence-electron chi connectivity index (χ1n) is 5.34. The summed E-state index contributed by atoms with van der Waals surface area (Å²) in [5.41, 5.74) is 0.788. The van der Waals surface area contributed by atoms with E-state index in [-0.39, 0.29) is 11.9 Å². The van der Waals surface area contributed by atoms with Gasteiger partial charge in [0.1, 0.15) is 5.82 Å². The molecule has 1 saturated carbocycles. The molecule has 1 N–H and O–H groups in total. The van der Waals surface area contributed by atoms with E-state index in [1.54, 1.807) is 6.07 Å². The first-order chi connectivity index (χ1) is 7.22. The lowest BCUT2D eigenvalue weighted by Gasteiger charge is -2.34. The molecule has 0 bridgehead atoms. The van der Waals surface area contributed by atoms with Crippen molar-refractivity contribution in [2.45, 2.75) is 25.3 Å². The van der Waals surface area contributed by atoms with Crippen molar-refractivity contribution in [1.29, 1.82) is 0 Å². The fraction of sp³-hybridized carbons (Fsp3) is 0.500. The van der Waals surface area contributed by atoms with Gasteiger partial charge in [0.15, 0.2) is 0 Å². The third-order valence-electron chi connectivity index (χ3n) is 3.23. The average molecular weight is 272 g/mol. The third kappa shape index (κ3) is 2.23. The molecule has 0 saturated heterocycles. The van der Waals surface area contributed by atoms with Crippen LogP contribution in [0.2, 0.25) is 0 Å². The summed E-state index contributed by atoms with van der Waals surface area (Å²) < 4.78 is 14.6. The molecule has 3 heteroatoms. The van der Waals surface area contributed by atoms with Gasteiger partial charge in [0.05, 0.1) is 0 Å². The Kier molecular flexibility index (Phi) is 3.42. The van der Waals surface area contributed by atoms with E-state index in [1.807, 2.05) is 13.1 Å². The second-order valence-corrected chi connectivity index (χ2v) is 5.04. The summed E-state index contributed by atoms with van der Waals surface area (Å²) in [5, 5.41) is 3.23. The minimum atomic E-state index is -0.107. The van der Waals surface area contributed by atoms with Crippen LogP contribution in [0.5, 0.6) is 0 Å². The fourth-order valence-corrected chi connectivity index (χ4v) is 2.55. The molecular formula is C12H15BrFN. The minimum Gasteiger partial charge on any atom is -0.313 e. The zero-order valence-electron chi connectivity index (χ0n) is 8.76. The SMILES string of the molecule is CNC(c1cc(Br)ccc1F)C1CCC1. The molecule has 0 aromatic heterocycles. The quantitative estimate of drug-likeness (QED) is 0.885. The number of benzene rings is 1. The lowest BCUT2D eigenvalue weighted by atomic mass is 9.77. The van der Waals surface area contributed by atoms with Gasteiger partial charge in [-0.05, 0) is 44.0 Å². The van der Waals surface area contributed by atoms with Gasteiger partial charge in [0, 0.05) is 16.1 Å². The Labute approximate surface area is 98.2 Å². The standard InChI is InChI=1S/C12H15BrFN/c1-15-12(8-3-2-4-8)10-7-9(13)5-6-11(10)14/h5-8,12,15H,2-4H2,1H3. The first kappa shape index (κ1) is 11.1. The van der Waals surface area contributed by atoms with Crippen molar-refractivity contribution in [2.75, 3.05) is 7.05 Å². The number of hydrogen-bond acceptors (Lipinski definition) is 1. The Morgan fingerprint density at radius 1 is 1.47 bits per heavy atom. The van der Waals surface area contributed by atoms with Crippen LogP contribution in [0.15, 0.2) is 22.7 Å². The molecule has 0 aliphatic heterocycles. The van der Waals surface area contributed by atoms with Crippen LogP contribution in [0.3, 0.4) is 0 Å². The Morgan fingerprint density at radius 2 is 2.20 bits per heavy atom. The van der Waals surface area contributed by atoms with Gasteiger partial charge >= 0.3 is 0 Å². The van der Waals surface area contributed by atoms with Crippen LogP contribution in [-0.2, 0) is 0 Å². The van der Waals surface area contributed by atoms with Crippen molar-refractivity contribution in [3.8, 4) is 0 Å². The molecule has 1 atom stereocenters. The minimum absolute atomic E-state index is 0.107. The number of halogens is 2. The van der Waals surface area contributed by atoms with E-state index in [1.165, 1.54) is 25.3 Å². The second kappa shape index (κ2) is 4.62. The lowest BCUT2D eigenvalue weighted by Crippen LogP contribution is -2.30. The van der Waals surface area contributed by atoms with Crippen molar-refractivity contribution < 1.29 is 4.39 Å². The van der Waals surface area contributed by atoms with Crippen LogP contribution in [-0.4, -0.2) is 7.05 Å². The molecule has 2 rings (SSSR count). The maximum Gasteiger partial charge on any atom is 0.128 e. The van der Waals surface area contributed by atoms with Gasteiger partial charge in [0.25, 0.3) is 0 Å². The Balaban J connectivity index is 2.28. The predicted molar refractivity (Wildman–Crippen MR) is 63.2 cm³/mol. The van der Waals surface area contributed by atoms with Gasteiger partial charge in [-0.3, -0.25) is 0 Å². The number of nitrogens with one attached hydrogen (secondary N) is 1. The van der Waals surface area contributed by atoms with Gasteiger partial charge in [-0.1, -0.05) is 22.4 Å². The van der Waals surface area contributed by atoms with E-state index in [2.05, 4.69) is 21.2 Å². The van der Waals surface area contributed by atoms with Crippen molar-refractivity contribution in [3.63, 3.8) is 0 Å². The molecule has 1 nitrogen and oxygen atoms in total. The Bertz CT molecular complexity index is 349. The highest BCUT2D eigenvalue weighted by Crippen LogP contribution is 2.38. The normalized spacial score (nSPS) is 18.6. The van der Waals surface area contributed by atoms with E-state index in [9.17, 15) is 4.39 Å². The molecule has 0 spiro atoms. The highest BCUT2D eigenvalue weighted by Gasteiger charge is 2.29. The van der Waals surface area contributed by atoms with Gasteiger partial charge in [-0.25, -0.2) is 4.39 Å². The van der Waals surface area contributed by atoms with Gasteiger partial charge in [0.2, 0.25) is 0 Å². The summed E-state index contributed by atoms with van der Waals surface area (Å²) in [7, 11) is 1.91. The monoisotopic (exact) mass is 271 g/mol. The van der Waals surface area contributed by atoms with Crippen LogP contribution in [0.25, 0.3) is 0 Å². The molecule has 1 aliphatic carbocycles. The molecule has 1 aliphatic rings. The van der Waals surface area contributed by atoms with E-state index >= 15 is 0 Å². The molecule has 15 heavy (non-hydrogen) atoms. The smallest absolute Gasteiger partial charge is 0.128 e. The maximum absolute atomic E-state index is 13.7. The second-order valence-electron chi connectivity index (χ2n) is 4.12. The summed E-state index contributed by atoms with van der Waals surface area (Å²) in [6.07, 6.45) is 3.69. The summed E-state index contributed by atoms with van der Waals surface area (Å²) in [6.45, 7) is 0. The summed E-state index contributed by atoms with van der Waals surface area (Å²) in [6, 6.07) is 5.32. The van der Waals surface area contributed by atoms with Crippen LogP contribution in [0.1, 0.15) is 30.9 Å². The first-order valence-corrected chi connectivity index (χ1v) is 6.14. The Morgan fingerprint density at radius 3 is 2.73 bits per heavy atom. The van der Waals surface area contributed by atoms with E-state index < -0.39 is 0 Å². The lowest BCUT2D eigenvalue weighted by molar-refractivity contribution is 0.235. The van der Waals surface area contributed by atoms with Gasteiger partial charge < -0.3 is 5.32 Å². The molecule has 1 aromatic carbocycles. The molecule has 82 valence electrons. The largest absolute Gasteiger partial charge is 0.313 e. The molecule has 0 amide bonds. The zero-order valence-corrected chi connectivity index (χ0v) is 10.3. The molecule has 1 unspecified atom stereocenters. The number of hydrogen-bond donors (Lipinski definition) is 1. The van der Waals surface area contributed by atoms with Gasteiger partial charge in [-0.2, -0.15) is 0 Å². The molecule has 0 radical (unpaired) electrons. The summed E-state index contributed by atoms with van der Waals surface area (Å²) in [4.78, 5) is 0. The highest BCUT2D eigenvalue weighted by atomic mass is 79.9. The van der Waals surface area contributed by atoms with Crippen LogP contribution in [0.4, 0.5) is 4.39 Å². The molecule has 1 fully saturated rings. The van der Waals surface area contributed by atoms with Crippen molar-refractivity contribution in [1.82, 2.24) is 5.32 Å². The van der Waals surface area contributed by atoms with E-state index in [0.29, 0.717) is 5.92 Å². The van der Waals surface area contributed by atoms with Crippen molar-refractivity contribution in [2.24, 2.45) is 5.92 Å². The predicted octanol–water partition coefficient (Wildman–Crippen LogP) is 3.65. The number of rotatable bonds is 3. The summed E-state index contributed by atoms with van der Waals surface area (Å²) >= 11 is 3.39. The highest BCUT2D eigenvalue weighted by molar-refractivity contribution is 9.10. The van der Waals surface area contributed by atoms with Gasteiger partial charge in [-0.15, -0.1) is 0 Å². The Hall–Kier alpha value is -0.410. The van der Waals surface area contributed by atoms with E-state index in [4.69, 9.17) is 0 Å². The van der Waals surface area contributed by atoms with Crippen LogP contribution >= 0.6 is 15.9 Å². The van der Waals surface area contributed by atoms with Crippen LogP contribution in [0, 0.1) is 11.7 Å². The molecular weight excluding hydrogens is 257 g/mol. The molecule has 1 aromatic rings. The average Bonchev–Trinajstić information content (AvgIpc) is 2.15. The van der Waals surface area contributed by atoms with E-state index in [0.717, 1.165) is 10.0 Å². The zero-order chi connectivity index (χ0) is 10.8. The maximum atomic E-state index is 13.7. The third-order valence-corrected chi connectivity index (χ3v) is 3.72. The van der Waals surface area contributed by atoms with Crippen LogP contribution < -0.4 is 5.32 Å². The van der Waals surface area contributed by atoms with Crippen molar-refractivity contribution in [3.05, 3.63) is 34.1 Å². The molecule has 0 heterocycles. The van der Waals surface area contributed by atoms with Crippen molar-refractivity contribution >= 4 is 15.9 Å². The topological polar surface area (TPSA) is 12.0 Å². The summed E-state index contributed by atoms with van der Waals surface area (Å²) in [5.74, 6) is 0.489.